The van der Waals surface area contributed by atoms with Crippen molar-refractivity contribution in [2.45, 2.75) is 38.4 Å². The van der Waals surface area contributed by atoms with Crippen molar-refractivity contribution >= 4 is 22.8 Å². The van der Waals surface area contributed by atoms with Crippen LogP contribution in [0.15, 0.2) is 4.99 Å². The average Bonchev–Trinajstić information content (AvgIpc) is 2.40. The van der Waals surface area contributed by atoms with Crippen LogP contribution in [-0.2, 0) is 4.79 Å². The largest absolute Gasteiger partial charge is 0.378 e. The van der Waals surface area contributed by atoms with Crippen LogP contribution in [-0.4, -0.2) is 15.8 Å². The van der Waals surface area contributed by atoms with Gasteiger partial charge < -0.3 is 5.73 Å². The van der Waals surface area contributed by atoms with Crippen LogP contribution in [0.25, 0.3) is 0 Å². The minimum atomic E-state index is -0.376. The molecule has 0 aromatic heterocycles. The SMILES string of the molecule is CCC(C)C1(CC)SC(N)=NC1=O. The maximum Gasteiger partial charge on any atom is 0.265 e. The summed E-state index contributed by atoms with van der Waals surface area (Å²) in [6.07, 6.45) is 1.78. The number of hydrogen-bond acceptors (Lipinski definition) is 3. The summed E-state index contributed by atoms with van der Waals surface area (Å²) in [6, 6.07) is 0. The van der Waals surface area contributed by atoms with Gasteiger partial charge in [-0.2, -0.15) is 4.99 Å². The molecule has 0 aromatic rings. The smallest absolute Gasteiger partial charge is 0.265 e. The Morgan fingerprint density at radius 1 is 1.62 bits per heavy atom. The van der Waals surface area contributed by atoms with E-state index in [2.05, 4.69) is 18.8 Å². The molecule has 2 N–H and O–H groups in total. The lowest BCUT2D eigenvalue weighted by atomic mass is 9.88. The fourth-order valence-electron chi connectivity index (χ4n) is 1.66. The second-order valence-electron chi connectivity index (χ2n) is 3.41. The molecule has 0 saturated heterocycles. The number of thioether (sulfide) groups is 1. The van der Waals surface area contributed by atoms with E-state index in [4.69, 9.17) is 5.73 Å². The van der Waals surface area contributed by atoms with Gasteiger partial charge in [0.05, 0.1) is 0 Å². The third-order valence-corrected chi connectivity index (χ3v) is 4.32. The number of carbonyl (C=O) groups is 1. The normalized spacial score (nSPS) is 30.4. The zero-order valence-corrected chi connectivity index (χ0v) is 9.15. The van der Waals surface area contributed by atoms with Crippen LogP contribution in [0.3, 0.4) is 0 Å². The molecule has 3 nitrogen and oxygen atoms in total. The number of aliphatic imine (C=N–C) groups is 1. The minimum Gasteiger partial charge on any atom is -0.378 e. The standard InChI is InChI=1S/C9H16N2OS/c1-4-6(3)9(5-2)7(12)11-8(10)13-9/h6H,4-5H2,1-3H3,(H2,10,11,12). The molecule has 1 rings (SSSR count). The first kappa shape index (κ1) is 10.6. The van der Waals surface area contributed by atoms with E-state index in [-0.39, 0.29) is 10.7 Å². The van der Waals surface area contributed by atoms with E-state index in [9.17, 15) is 4.79 Å². The summed E-state index contributed by atoms with van der Waals surface area (Å²) in [5.41, 5.74) is 5.56. The number of amides is 1. The Hall–Kier alpha value is -0.510. The number of nitrogens with two attached hydrogens (primary N) is 1. The van der Waals surface area contributed by atoms with E-state index < -0.39 is 0 Å². The summed E-state index contributed by atoms with van der Waals surface area (Å²) < 4.78 is -0.376. The third-order valence-electron chi connectivity index (χ3n) is 2.79. The molecule has 1 aliphatic heterocycles. The molecule has 1 aliphatic rings. The maximum absolute atomic E-state index is 11.6. The molecule has 0 saturated carbocycles. The van der Waals surface area contributed by atoms with Crippen molar-refractivity contribution < 1.29 is 4.79 Å². The Morgan fingerprint density at radius 2 is 2.23 bits per heavy atom. The van der Waals surface area contributed by atoms with E-state index in [1.807, 2.05) is 6.92 Å². The molecule has 0 radical (unpaired) electrons. The van der Waals surface area contributed by atoms with Gasteiger partial charge in [0.2, 0.25) is 0 Å². The van der Waals surface area contributed by atoms with Gasteiger partial charge in [0.15, 0.2) is 5.17 Å². The first-order valence-corrected chi connectivity index (χ1v) is 5.46. The van der Waals surface area contributed by atoms with Gasteiger partial charge in [-0.15, -0.1) is 0 Å². The molecule has 0 spiro atoms. The highest BCUT2D eigenvalue weighted by molar-refractivity contribution is 8.16. The molecule has 2 atom stereocenters. The van der Waals surface area contributed by atoms with Crippen LogP contribution in [0.1, 0.15) is 33.6 Å². The fraction of sp³-hybridized carbons (Fsp3) is 0.778. The summed E-state index contributed by atoms with van der Waals surface area (Å²) >= 11 is 1.43. The Kier molecular flexibility index (Phi) is 3.01. The predicted molar refractivity (Wildman–Crippen MR) is 56.7 cm³/mol. The second kappa shape index (κ2) is 3.70. The lowest BCUT2D eigenvalue weighted by Crippen LogP contribution is -2.37. The molecule has 74 valence electrons. The van der Waals surface area contributed by atoms with Gasteiger partial charge in [-0.1, -0.05) is 39.0 Å². The van der Waals surface area contributed by atoms with Crippen LogP contribution in [0.5, 0.6) is 0 Å². The van der Waals surface area contributed by atoms with E-state index >= 15 is 0 Å². The van der Waals surface area contributed by atoms with Gasteiger partial charge in [0, 0.05) is 0 Å². The summed E-state index contributed by atoms with van der Waals surface area (Å²) in [5.74, 6) is 0.284. The van der Waals surface area contributed by atoms with Gasteiger partial charge in [-0.25, -0.2) is 0 Å². The maximum atomic E-state index is 11.6. The molecular weight excluding hydrogens is 184 g/mol. The predicted octanol–water partition coefficient (Wildman–Crippen LogP) is 1.77. The van der Waals surface area contributed by atoms with Crippen molar-refractivity contribution in [1.82, 2.24) is 0 Å². The van der Waals surface area contributed by atoms with Crippen molar-refractivity contribution in [2.75, 3.05) is 0 Å². The van der Waals surface area contributed by atoms with E-state index in [1.165, 1.54) is 11.8 Å². The topological polar surface area (TPSA) is 55.4 Å². The van der Waals surface area contributed by atoms with Gasteiger partial charge in [0.1, 0.15) is 4.75 Å². The molecule has 4 heteroatoms. The highest BCUT2D eigenvalue weighted by Crippen LogP contribution is 2.42. The second-order valence-corrected chi connectivity index (χ2v) is 4.76. The van der Waals surface area contributed by atoms with Crippen LogP contribution < -0.4 is 5.73 Å². The number of nitrogens with zero attached hydrogens (tertiary/aromatic N) is 1. The zero-order chi connectivity index (χ0) is 10.1. The molecule has 1 heterocycles. The molecule has 13 heavy (non-hydrogen) atoms. The fourth-order valence-corrected chi connectivity index (χ4v) is 2.81. The molecule has 1 amide bonds. The molecule has 0 bridgehead atoms. The van der Waals surface area contributed by atoms with Crippen LogP contribution in [0.2, 0.25) is 0 Å². The van der Waals surface area contributed by atoms with Gasteiger partial charge in [0.25, 0.3) is 5.91 Å². The molecule has 0 aliphatic carbocycles. The summed E-state index contributed by atoms with van der Waals surface area (Å²) in [7, 11) is 0. The molecule has 0 fully saturated rings. The van der Waals surface area contributed by atoms with Crippen molar-refractivity contribution in [1.29, 1.82) is 0 Å². The number of hydrogen-bond donors (Lipinski definition) is 1. The van der Waals surface area contributed by atoms with Crippen molar-refractivity contribution in [3.63, 3.8) is 0 Å². The molecular formula is C9H16N2OS. The average molecular weight is 200 g/mol. The van der Waals surface area contributed by atoms with Crippen LogP contribution in [0.4, 0.5) is 0 Å². The summed E-state index contributed by atoms with van der Waals surface area (Å²) in [6.45, 7) is 6.19. The highest BCUT2D eigenvalue weighted by atomic mass is 32.2. The van der Waals surface area contributed by atoms with E-state index in [0.29, 0.717) is 11.1 Å². The van der Waals surface area contributed by atoms with Crippen LogP contribution in [0, 0.1) is 5.92 Å². The lowest BCUT2D eigenvalue weighted by Gasteiger charge is -2.29. The monoisotopic (exact) mass is 200 g/mol. The Morgan fingerprint density at radius 3 is 2.54 bits per heavy atom. The minimum absolute atomic E-state index is 0.0492. The first-order valence-electron chi connectivity index (χ1n) is 4.64. The zero-order valence-electron chi connectivity index (χ0n) is 8.33. The summed E-state index contributed by atoms with van der Waals surface area (Å²) in [5, 5.41) is 0.423. The number of amidine groups is 1. The van der Waals surface area contributed by atoms with Crippen LogP contribution >= 0.6 is 11.8 Å². The summed E-state index contributed by atoms with van der Waals surface area (Å²) in [4.78, 5) is 15.5. The quantitative estimate of drug-likeness (QED) is 0.755. The van der Waals surface area contributed by atoms with Gasteiger partial charge >= 0.3 is 0 Å². The van der Waals surface area contributed by atoms with Crippen molar-refractivity contribution in [2.24, 2.45) is 16.6 Å². The van der Waals surface area contributed by atoms with Crippen molar-refractivity contribution in [3.8, 4) is 0 Å². The highest BCUT2D eigenvalue weighted by Gasteiger charge is 2.46. The lowest BCUT2D eigenvalue weighted by molar-refractivity contribution is -0.121. The van der Waals surface area contributed by atoms with Crippen molar-refractivity contribution in [3.05, 3.63) is 0 Å². The number of rotatable bonds is 3. The number of carbonyl (C=O) groups excluding carboxylic acids is 1. The van der Waals surface area contributed by atoms with Gasteiger partial charge in [-0.3, -0.25) is 4.79 Å². The Labute approximate surface area is 83.2 Å². The Bertz CT molecular complexity index is 252. The molecule has 2 unspecified atom stereocenters. The van der Waals surface area contributed by atoms with E-state index in [0.717, 1.165) is 12.8 Å². The van der Waals surface area contributed by atoms with Gasteiger partial charge in [-0.05, 0) is 12.3 Å². The Balaban J connectivity index is 2.91. The molecule has 0 aromatic carbocycles. The first-order chi connectivity index (χ1) is 6.06. The van der Waals surface area contributed by atoms with E-state index in [1.54, 1.807) is 0 Å². The third kappa shape index (κ3) is 1.59.